The molecule has 1 aliphatic rings. The fourth-order valence-corrected chi connectivity index (χ4v) is 6.23. The molecule has 1 aromatic heterocycles. The van der Waals surface area contributed by atoms with Crippen LogP contribution in [0.5, 0.6) is 0 Å². The van der Waals surface area contributed by atoms with E-state index in [1.165, 1.54) is 26.6 Å². The topological polar surface area (TPSA) is 105 Å². The Morgan fingerprint density at radius 3 is 2.29 bits per heavy atom. The summed E-state index contributed by atoms with van der Waals surface area (Å²) in [4.78, 5) is 27.7. The third kappa shape index (κ3) is 5.31. The molecule has 178 valence electrons. The number of thioether (sulfide) groups is 1. The monoisotopic (exact) mass is 499 g/mol. The number of aromatic nitrogens is 3. The summed E-state index contributed by atoms with van der Waals surface area (Å²) < 4.78 is 24.8. The minimum Gasteiger partial charge on any atom is -0.272 e. The number of benzene rings is 2. The molecule has 1 fully saturated rings. The van der Waals surface area contributed by atoms with Gasteiger partial charge in [-0.1, -0.05) is 36.4 Å². The van der Waals surface area contributed by atoms with Gasteiger partial charge in [0.1, 0.15) is 0 Å². The number of sulfone groups is 1. The average Bonchev–Trinajstić information content (AvgIpc) is 3.50. The molecule has 2 amide bonds. The van der Waals surface area contributed by atoms with E-state index >= 15 is 0 Å². The molecule has 0 saturated carbocycles. The molecule has 0 spiro atoms. The van der Waals surface area contributed by atoms with Crippen LogP contribution in [0.1, 0.15) is 22.6 Å². The van der Waals surface area contributed by atoms with E-state index in [2.05, 4.69) is 10.2 Å². The molecule has 0 N–H and O–H groups in total. The van der Waals surface area contributed by atoms with Crippen molar-refractivity contribution >= 4 is 33.4 Å². The number of hydrazine groups is 1. The number of rotatable bonds is 8. The number of carbonyl (C=O) groups excluding carboxylic acids is 2. The van der Waals surface area contributed by atoms with Crippen LogP contribution in [0.25, 0.3) is 5.69 Å². The van der Waals surface area contributed by atoms with Gasteiger partial charge in [-0.2, -0.15) is 21.7 Å². The van der Waals surface area contributed by atoms with Gasteiger partial charge in [-0.25, -0.2) is 13.4 Å². The normalized spacial score (nSPS) is 13.9. The zero-order valence-corrected chi connectivity index (χ0v) is 20.3. The van der Waals surface area contributed by atoms with Crippen LogP contribution in [0.2, 0.25) is 0 Å². The van der Waals surface area contributed by atoms with Crippen molar-refractivity contribution in [2.24, 2.45) is 0 Å². The Balaban J connectivity index is 1.35. The van der Waals surface area contributed by atoms with Crippen LogP contribution < -0.4 is 0 Å². The third-order valence-electron chi connectivity index (χ3n) is 5.35. The maximum atomic E-state index is 13.2. The summed E-state index contributed by atoms with van der Waals surface area (Å²) in [5, 5.41) is 11.5. The summed E-state index contributed by atoms with van der Waals surface area (Å²) in [7, 11) is -3.39. The maximum absolute atomic E-state index is 13.2. The first-order valence-corrected chi connectivity index (χ1v) is 13.6. The smallest absolute Gasteiger partial charge is 0.272 e. The standard InChI is InChI=1S/C23H25N5O4S2/c1-18-22(25-28(24-18)19-9-4-2-5-10-19)23(30)27-14-8-13-26(27)21(29)17-33-15-16-34(31,32)20-11-6-3-7-12-20/h2-7,9-12H,8,13-17H2,1H3. The highest BCUT2D eigenvalue weighted by Gasteiger charge is 2.33. The highest BCUT2D eigenvalue weighted by atomic mass is 32.2. The molecule has 1 aliphatic heterocycles. The van der Waals surface area contributed by atoms with Crippen molar-refractivity contribution in [3.8, 4) is 5.69 Å². The average molecular weight is 500 g/mol. The summed E-state index contributed by atoms with van der Waals surface area (Å²) in [5.41, 5.74) is 1.42. The molecule has 0 atom stereocenters. The van der Waals surface area contributed by atoms with Crippen molar-refractivity contribution in [2.75, 3.05) is 30.3 Å². The molecule has 11 heteroatoms. The number of para-hydroxylation sites is 1. The minimum atomic E-state index is -3.39. The van der Waals surface area contributed by atoms with Crippen molar-refractivity contribution in [3.63, 3.8) is 0 Å². The Bertz CT molecular complexity index is 1260. The van der Waals surface area contributed by atoms with Gasteiger partial charge in [0.05, 0.1) is 27.8 Å². The molecule has 0 aliphatic carbocycles. The lowest BCUT2D eigenvalue weighted by atomic mass is 10.3. The van der Waals surface area contributed by atoms with Crippen molar-refractivity contribution in [2.45, 2.75) is 18.2 Å². The molecule has 0 bridgehead atoms. The first-order chi connectivity index (χ1) is 16.4. The number of aryl methyl sites for hydroxylation is 1. The van der Waals surface area contributed by atoms with Crippen molar-refractivity contribution in [1.29, 1.82) is 0 Å². The number of hydrogen-bond donors (Lipinski definition) is 0. The lowest BCUT2D eigenvalue weighted by molar-refractivity contribution is -0.137. The summed E-state index contributed by atoms with van der Waals surface area (Å²) in [6.07, 6.45) is 0.663. The van der Waals surface area contributed by atoms with Gasteiger partial charge < -0.3 is 0 Å². The van der Waals surface area contributed by atoms with Crippen LogP contribution in [0.4, 0.5) is 0 Å². The van der Waals surface area contributed by atoms with Gasteiger partial charge in [0.25, 0.3) is 11.8 Å². The third-order valence-corrected chi connectivity index (χ3v) is 8.28. The van der Waals surface area contributed by atoms with Gasteiger partial charge in [0, 0.05) is 18.8 Å². The zero-order chi connectivity index (χ0) is 24.1. The second-order valence-corrected chi connectivity index (χ2v) is 11.0. The van der Waals surface area contributed by atoms with Gasteiger partial charge in [-0.05, 0) is 37.6 Å². The lowest BCUT2D eigenvalue weighted by Crippen LogP contribution is -2.46. The summed E-state index contributed by atoms with van der Waals surface area (Å²) >= 11 is 1.24. The van der Waals surface area contributed by atoms with Crippen LogP contribution in [0, 0.1) is 6.92 Å². The molecular weight excluding hydrogens is 474 g/mol. The van der Waals surface area contributed by atoms with E-state index in [0.717, 1.165) is 5.69 Å². The van der Waals surface area contributed by atoms with Crippen molar-refractivity contribution in [3.05, 3.63) is 72.1 Å². The summed E-state index contributed by atoms with van der Waals surface area (Å²) in [6.45, 7) is 2.56. The van der Waals surface area contributed by atoms with Crippen molar-refractivity contribution < 1.29 is 18.0 Å². The Kier molecular flexibility index (Phi) is 7.32. The van der Waals surface area contributed by atoms with E-state index in [0.29, 0.717) is 25.2 Å². The van der Waals surface area contributed by atoms with Crippen LogP contribution in [-0.2, 0) is 14.6 Å². The molecule has 2 aromatic carbocycles. The van der Waals surface area contributed by atoms with Crippen LogP contribution >= 0.6 is 11.8 Å². The largest absolute Gasteiger partial charge is 0.294 e. The van der Waals surface area contributed by atoms with E-state index in [1.54, 1.807) is 37.3 Å². The van der Waals surface area contributed by atoms with Gasteiger partial charge in [0.15, 0.2) is 15.5 Å². The van der Waals surface area contributed by atoms with Crippen LogP contribution in [0.3, 0.4) is 0 Å². The highest BCUT2D eigenvalue weighted by Crippen LogP contribution is 2.19. The van der Waals surface area contributed by atoms with Crippen molar-refractivity contribution in [1.82, 2.24) is 25.0 Å². The highest BCUT2D eigenvalue weighted by molar-refractivity contribution is 8.01. The molecule has 9 nitrogen and oxygen atoms in total. The number of carbonyl (C=O) groups is 2. The van der Waals surface area contributed by atoms with Gasteiger partial charge >= 0.3 is 0 Å². The molecule has 2 heterocycles. The van der Waals surface area contributed by atoms with Gasteiger partial charge in [0.2, 0.25) is 0 Å². The first kappa shape index (κ1) is 24.0. The second-order valence-electron chi connectivity index (χ2n) is 7.74. The first-order valence-electron chi connectivity index (χ1n) is 10.8. The molecule has 1 saturated heterocycles. The SMILES string of the molecule is Cc1nn(-c2ccccc2)nc1C(=O)N1CCCN1C(=O)CSCCS(=O)(=O)c1ccccc1. The molecule has 0 radical (unpaired) electrons. The molecule has 3 aromatic rings. The predicted octanol–water partition coefficient (Wildman–Crippen LogP) is 2.37. The van der Waals surface area contributed by atoms with E-state index in [4.69, 9.17) is 0 Å². The van der Waals surface area contributed by atoms with E-state index in [-0.39, 0.29) is 39.7 Å². The number of amides is 2. The Labute approximate surface area is 202 Å². The van der Waals surface area contributed by atoms with Crippen LogP contribution in [0.15, 0.2) is 65.6 Å². The second kappa shape index (κ2) is 10.4. The number of nitrogens with zero attached hydrogens (tertiary/aromatic N) is 5. The Morgan fingerprint density at radius 1 is 0.941 bits per heavy atom. The quantitative estimate of drug-likeness (QED) is 0.438. The van der Waals surface area contributed by atoms with Crippen LogP contribution in [-0.4, -0.2) is 75.6 Å². The fourth-order valence-electron chi connectivity index (χ4n) is 3.61. The predicted molar refractivity (Wildman–Crippen MR) is 129 cm³/mol. The van der Waals surface area contributed by atoms with E-state index < -0.39 is 9.84 Å². The van der Waals surface area contributed by atoms with Gasteiger partial charge in [-0.15, -0.1) is 5.10 Å². The van der Waals surface area contributed by atoms with E-state index in [9.17, 15) is 18.0 Å². The molecule has 0 unspecified atom stereocenters. The molecule has 34 heavy (non-hydrogen) atoms. The van der Waals surface area contributed by atoms with E-state index in [1.807, 2.05) is 30.3 Å². The lowest BCUT2D eigenvalue weighted by Gasteiger charge is -2.27. The Morgan fingerprint density at radius 2 is 1.59 bits per heavy atom. The number of hydrogen-bond acceptors (Lipinski definition) is 7. The summed E-state index contributed by atoms with van der Waals surface area (Å²) in [5.74, 6) is -0.290. The molecular formula is C23H25N5O4S2. The van der Waals surface area contributed by atoms with Gasteiger partial charge in [-0.3, -0.25) is 14.6 Å². The molecule has 4 rings (SSSR count). The zero-order valence-electron chi connectivity index (χ0n) is 18.7. The minimum absolute atomic E-state index is 0.0562. The Hall–Kier alpha value is -3.18. The maximum Gasteiger partial charge on any atom is 0.294 e. The fraction of sp³-hybridized carbons (Fsp3) is 0.304. The summed E-state index contributed by atoms with van der Waals surface area (Å²) in [6, 6.07) is 17.5.